The molecular formula is C25H27ClFIN6O2S. The fourth-order valence-electron chi connectivity index (χ4n) is 4.11. The van der Waals surface area contributed by atoms with Crippen LogP contribution < -0.4 is 11.1 Å². The van der Waals surface area contributed by atoms with E-state index in [9.17, 15) is 12.8 Å². The van der Waals surface area contributed by atoms with Crippen molar-refractivity contribution in [3.05, 3.63) is 82.0 Å². The maximum Gasteiger partial charge on any atom is 0.236 e. The van der Waals surface area contributed by atoms with Crippen molar-refractivity contribution in [3.63, 3.8) is 0 Å². The quantitative estimate of drug-likeness (QED) is 0.133. The van der Waals surface area contributed by atoms with Crippen LogP contribution in [0, 0.1) is 5.92 Å². The highest BCUT2D eigenvalue weighted by molar-refractivity contribution is 14.1. The number of fused-ring (bicyclic) bond motifs is 1. The van der Waals surface area contributed by atoms with Crippen molar-refractivity contribution in [1.29, 1.82) is 0 Å². The third-order valence-electron chi connectivity index (χ3n) is 6.01. The van der Waals surface area contributed by atoms with E-state index in [1.807, 2.05) is 52.9 Å². The third kappa shape index (κ3) is 7.09. The molecule has 1 aromatic carbocycles. The number of hydrogen-bond donors (Lipinski definition) is 3. The summed E-state index contributed by atoms with van der Waals surface area (Å²) >= 11 is 7.99. The van der Waals surface area contributed by atoms with Gasteiger partial charge in [-0.15, -0.1) is 0 Å². The average Bonchev–Trinajstić information content (AvgIpc) is 3.33. The lowest BCUT2D eigenvalue weighted by atomic mass is 10.00. The number of aliphatic imine (C=N–C) groups is 1. The number of H-pyrrole nitrogens is 1. The molecular weight excluding hydrogens is 630 g/mol. The topological polar surface area (TPSA) is 116 Å². The summed E-state index contributed by atoms with van der Waals surface area (Å²) in [5.41, 5.74) is 8.21. The zero-order valence-electron chi connectivity index (χ0n) is 19.9. The minimum Gasteiger partial charge on any atom is -0.383 e. The molecule has 2 aromatic heterocycles. The summed E-state index contributed by atoms with van der Waals surface area (Å²) in [6, 6.07) is 11.0. The molecule has 1 aliphatic heterocycles. The fraction of sp³-hybridized carbons (Fsp3) is 0.280. The van der Waals surface area contributed by atoms with Gasteiger partial charge in [-0.05, 0) is 36.5 Å². The molecule has 0 bridgehead atoms. The molecule has 1 atom stereocenters. The van der Waals surface area contributed by atoms with Gasteiger partial charge in [-0.3, -0.25) is 0 Å². The van der Waals surface area contributed by atoms with Crippen LogP contribution in [0.1, 0.15) is 24.0 Å². The Hall–Kier alpha value is -2.48. The van der Waals surface area contributed by atoms with Gasteiger partial charge < -0.3 is 16.0 Å². The molecule has 1 fully saturated rings. The van der Waals surface area contributed by atoms with Crippen LogP contribution in [0.5, 0.6) is 0 Å². The molecule has 1 unspecified atom stereocenters. The van der Waals surface area contributed by atoms with Crippen LogP contribution in [0.2, 0.25) is 5.02 Å². The molecule has 0 radical (unpaired) electrons. The van der Waals surface area contributed by atoms with E-state index in [0.717, 1.165) is 12.0 Å². The normalized spacial score (nSPS) is 18.4. The highest BCUT2D eigenvalue weighted by Crippen LogP contribution is 2.23. The number of allylic oxidation sites excluding steroid dienone is 1. The number of benzene rings is 1. The third-order valence-corrected chi connectivity index (χ3v) is 8.42. The Morgan fingerprint density at radius 1 is 1.38 bits per heavy atom. The van der Waals surface area contributed by atoms with Gasteiger partial charge >= 0.3 is 0 Å². The summed E-state index contributed by atoms with van der Waals surface area (Å²) in [6.45, 7) is 1.14. The van der Waals surface area contributed by atoms with Gasteiger partial charge in [0.25, 0.3) is 0 Å². The average molecular weight is 657 g/mol. The molecule has 37 heavy (non-hydrogen) atoms. The molecule has 0 amide bonds. The van der Waals surface area contributed by atoms with E-state index in [1.165, 1.54) is 15.9 Å². The number of nitrogens with zero attached hydrogens (tertiary/aromatic N) is 3. The first-order chi connectivity index (χ1) is 17.8. The van der Waals surface area contributed by atoms with Crippen LogP contribution in [0.3, 0.4) is 0 Å². The number of aromatic nitrogens is 2. The molecule has 0 spiro atoms. The number of halogens is 3. The van der Waals surface area contributed by atoms with Crippen molar-refractivity contribution in [3.8, 4) is 0 Å². The second-order valence-corrected chi connectivity index (χ2v) is 11.7. The first-order valence-corrected chi connectivity index (χ1v) is 15.1. The molecule has 196 valence electrons. The number of amidine groups is 1. The summed E-state index contributed by atoms with van der Waals surface area (Å²) in [7, 11) is -3.58. The van der Waals surface area contributed by atoms with Gasteiger partial charge in [0.15, 0.2) is 11.6 Å². The van der Waals surface area contributed by atoms with Gasteiger partial charge in [-0.2, -0.15) is 4.31 Å². The minimum absolute atomic E-state index is 0.0156. The number of alkyl halides is 1. The smallest absolute Gasteiger partial charge is 0.236 e. The Balaban J connectivity index is 1.45. The van der Waals surface area contributed by atoms with Crippen molar-refractivity contribution in [1.82, 2.24) is 19.6 Å². The van der Waals surface area contributed by atoms with Crippen LogP contribution in [0.25, 0.3) is 17.1 Å². The van der Waals surface area contributed by atoms with E-state index >= 15 is 0 Å². The second kappa shape index (κ2) is 12.4. The van der Waals surface area contributed by atoms with Crippen molar-refractivity contribution in [2.45, 2.75) is 12.8 Å². The second-order valence-electron chi connectivity index (χ2n) is 8.64. The van der Waals surface area contributed by atoms with E-state index in [2.05, 4.69) is 20.3 Å². The Morgan fingerprint density at radius 3 is 2.92 bits per heavy atom. The number of hydrogen-bond acceptors (Lipinski definition) is 5. The van der Waals surface area contributed by atoms with Crippen LogP contribution in [-0.2, 0) is 10.0 Å². The van der Waals surface area contributed by atoms with Crippen molar-refractivity contribution in [2.24, 2.45) is 16.6 Å². The Labute approximate surface area is 234 Å². The van der Waals surface area contributed by atoms with Crippen LogP contribution in [0.4, 0.5) is 4.39 Å². The Bertz CT molecular complexity index is 1440. The number of rotatable bonds is 9. The largest absolute Gasteiger partial charge is 0.383 e. The van der Waals surface area contributed by atoms with Gasteiger partial charge in [0.1, 0.15) is 11.5 Å². The highest BCUT2D eigenvalue weighted by atomic mass is 127. The van der Waals surface area contributed by atoms with Gasteiger partial charge in [-0.1, -0.05) is 64.5 Å². The zero-order valence-corrected chi connectivity index (χ0v) is 23.6. The monoisotopic (exact) mass is 656 g/mol. The van der Waals surface area contributed by atoms with Crippen LogP contribution in [-0.4, -0.2) is 52.6 Å². The molecule has 1 saturated heterocycles. The van der Waals surface area contributed by atoms with Gasteiger partial charge in [0.2, 0.25) is 10.0 Å². The summed E-state index contributed by atoms with van der Waals surface area (Å²) < 4.78 is 42.1. The molecule has 4 N–H and O–H groups in total. The number of pyridine rings is 1. The lowest BCUT2D eigenvalue weighted by Gasteiger charge is -2.31. The van der Waals surface area contributed by atoms with Crippen molar-refractivity contribution in [2.75, 3.05) is 24.1 Å². The summed E-state index contributed by atoms with van der Waals surface area (Å²) in [5.74, 6) is -0.333. The number of aromatic amines is 1. The van der Waals surface area contributed by atoms with E-state index in [1.54, 1.807) is 18.3 Å². The fourth-order valence-corrected chi connectivity index (χ4v) is 5.93. The van der Waals surface area contributed by atoms with Gasteiger partial charge in [0, 0.05) is 48.4 Å². The number of sulfonamides is 1. The van der Waals surface area contributed by atoms with Gasteiger partial charge in [-0.25, -0.2) is 22.8 Å². The Kier molecular flexibility index (Phi) is 9.22. The van der Waals surface area contributed by atoms with Crippen molar-refractivity contribution < 1.29 is 12.8 Å². The molecule has 0 saturated carbocycles. The van der Waals surface area contributed by atoms with E-state index in [4.69, 9.17) is 17.3 Å². The zero-order chi connectivity index (χ0) is 26.4. The van der Waals surface area contributed by atoms with E-state index in [0.29, 0.717) is 47.7 Å². The van der Waals surface area contributed by atoms with E-state index in [-0.39, 0.29) is 22.0 Å². The van der Waals surface area contributed by atoms with E-state index < -0.39 is 15.9 Å². The molecule has 3 heterocycles. The van der Waals surface area contributed by atoms with Gasteiger partial charge in [0.05, 0.1) is 9.45 Å². The maximum absolute atomic E-state index is 14.7. The predicted octanol–water partition coefficient (Wildman–Crippen LogP) is 4.80. The van der Waals surface area contributed by atoms with Crippen LogP contribution >= 0.6 is 34.2 Å². The molecule has 0 aliphatic carbocycles. The summed E-state index contributed by atoms with van der Waals surface area (Å²) in [4.78, 5) is 11.5. The molecule has 1 aliphatic rings. The number of nitrogens with two attached hydrogens (primary N) is 1. The maximum atomic E-state index is 14.7. The predicted molar refractivity (Wildman–Crippen MR) is 156 cm³/mol. The lowest BCUT2D eigenvalue weighted by Crippen LogP contribution is -2.42. The first kappa shape index (κ1) is 27.6. The summed E-state index contributed by atoms with van der Waals surface area (Å²) in [5, 5.41) is 5.43. The number of nitrogens with one attached hydrogen (secondary N) is 2. The SMILES string of the molecule is N/C(=N\C(NCC1CCCN(S(=O)(=O)/C=C/c2ccccc2)C1)=C(\F)CI)c1c[nH]c2ncc(Cl)cc12. The first-order valence-electron chi connectivity index (χ1n) is 11.7. The standard InChI is InChI=1S/C25H27ClFIN6O2S/c26-19-11-20-21(15-32-24(20)31-14-19)23(29)33-25(22(27)12-28)30-13-18-7-4-9-34(16-18)37(35,36)10-8-17-5-2-1-3-6-17/h1-3,5-6,8,10-11,14-15,18,30H,4,7,9,12-13,16H2,(H2,29,33)(H,31,32)/b10-8+,25-22+. The minimum atomic E-state index is -3.58. The number of piperidine rings is 1. The molecule has 12 heteroatoms. The Morgan fingerprint density at radius 2 is 2.16 bits per heavy atom. The van der Waals surface area contributed by atoms with Crippen LogP contribution in [0.15, 0.2) is 70.8 Å². The molecule has 4 rings (SSSR count). The summed E-state index contributed by atoms with van der Waals surface area (Å²) in [6.07, 6.45) is 6.29. The highest BCUT2D eigenvalue weighted by Gasteiger charge is 2.27. The molecule has 8 nitrogen and oxygen atoms in total. The molecule has 3 aromatic rings. The van der Waals surface area contributed by atoms with Crippen molar-refractivity contribution >= 4 is 67.2 Å². The lowest BCUT2D eigenvalue weighted by molar-refractivity contribution is 0.265.